The largest absolute Gasteiger partial charge is 0.318 e. The number of benzene rings is 1. The van der Waals surface area contributed by atoms with Gasteiger partial charge in [0.1, 0.15) is 0 Å². The molecule has 4 nitrogen and oxygen atoms in total. The maximum absolute atomic E-state index is 11.9. The monoisotopic (exact) mass is 262 g/mol. The molecule has 1 aromatic carbocycles. The zero-order chi connectivity index (χ0) is 12.2. The van der Waals surface area contributed by atoms with Crippen LogP contribution >= 0.6 is 11.6 Å². The average molecular weight is 263 g/mol. The van der Waals surface area contributed by atoms with Gasteiger partial charge in [-0.2, -0.15) is 0 Å². The lowest BCUT2D eigenvalue weighted by molar-refractivity contribution is 0.579. The van der Waals surface area contributed by atoms with Crippen molar-refractivity contribution in [3.63, 3.8) is 0 Å². The van der Waals surface area contributed by atoms with Gasteiger partial charge in [0, 0.05) is 18.1 Å². The van der Waals surface area contributed by atoms with E-state index in [2.05, 4.69) is 10.0 Å². The van der Waals surface area contributed by atoms with Gasteiger partial charge in [0.25, 0.3) is 0 Å². The van der Waals surface area contributed by atoms with Crippen LogP contribution in [0.3, 0.4) is 0 Å². The maximum atomic E-state index is 11.9. The Balaban J connectivity index is 2.90. The molecule has 0 amide bonds. The van der Waals surface area contributed by atoms with Gasteiger partial charge in [0.2, 0.25) is 10.0 Å². The molecule has 0 unspecified atom stereocenters. The maximum Gasteiger partial charge on any atom is 0.240 e. The van der Waals surface area contributed by atoms with Crippen molar-refractivity contribution in [3.05, 3.63) is 28.8 Å². The van der Waals surface area contributed by atoms with E-state index in [4.69, 9.17) is 11.6 Å². The van der Waals surface area contributed by atoms with Gasteiger partial charge in [0.15, 0.2) is 0 Å². The molecule has 0 saturated carbocycles. The van der Waals surface area contributed by atoms with Crippen LogP contribution in [0.1, 0.15) is 5.56 Å². The summed E-state index contributed by atoms with van der Waals surface area (Å²) in [6.45, 7) is 2.67. The number of hydrogen-bond acceptors (Lipinski definition) is 3. The first kappa shape index (κ1) is 13.4. The Labute approximate surface area is 101 Å². The molecule has 0 bridgehead atoms. The van der Waals surface area contributed by atoms with Crippen LogP contribution in [0, 0.1) is 6.92 Å². The fourth-order valence-corrected chi connectivity index (χ4v) is 2.79. The smallest absolute Gasteiger partial charge is 0.240 e. The number of likely N-dealkylation sites (N-methyl/N-ethyl adjacent to an activating group) is 1. The molecule has 2 N–H and O–H groups in total. The first-order valence-electron chi connectivity index (χ1n) is 4.88. The molecule has 1 rings (SSSR count). The van der Waals surface area contributed by atoms with E-state index in [0.29, 0.717) is 23.7 Å². The van der Waals surface area contributed by atoms with E-state index in [1.165, 1.54) is 6.07 Å². The van der Waals surface area contributed by atoms with Gasteiger partial charge in [-0.3, -0.25) is 0 Å². The lowest BCUT2D eigenvalue weighted by Crippen LogP contribution is -2.30. The Bertz CT molecular complexity index is 460. The first-order valence-corrected chi connectivity index (χ1v) is 6.74. The molecule has 0 atom stereocenters. The summed E-state index contributed by atoms with van der Waals surface area (Å²) in [5.41, 5.74) is 0.643. The Morgan fingerprint density at radius 1 is 1.31 bits per heavy atom. The van der Waals surface area contributed by atoms with Crippen molar-refractivity contribution in [2.75, 3.05) is 20.1 Å². The summed E-state index contributed by atoms with van der Waals surface area (Å²) in [6, 6.07) is 4.72. The highest BCUT2D eigenvalue weighted by Crippen LogP contribution is 2.19. The summed E-state index contributed by atoms with van der Waals surface area (Å²) in [6.07, 6.45) is 0. The van der Waals surface area contributed by atoms with Crippen LogP contribution in [0.2, 0.25) is 5.02 Å². The molecule has 90 valence electrons. The zero-order valence-electron chi connectivity index (χ0n) is 9.25. The van der Waals surface area contributed by atoms with Crippen LogP contribution in [0.25, 0.3) is 0 Å². The van der Waals surface area contributed by atoms with Crippen LogP contribution in [-0.4, -0.2) is 28.6 Å². The van der Waals surface area contributed by atoms with E-state index >= 15 is 0 Å². The van der Waals surface area contributed by atoms with Crippen LogP contribution in [-0.2, 0) is 10.0 Å². The van der Waals surface area contributed by atoms with Crippen LogP contribution in [0.4, 0.5) is 0 Å². The quantitative estimate of drug-likeness (QED) is 0.783. The molecule has 0 spiro atoms. The van der Waals surface area contributed by atoms with Crippen molar-refractivity contribution in [2.24, 2.45) is 0 Å². The van der Waals surface area contributed by atoms with E-state index in [-0.39, 0.29) is 4.90 Å². The second-order valence-electron chi connectivity index (χ2n) is 3.41. The standard InChI is InChI=1S/C10H15ClN2O2S/c1-8-7-9(11)3-4-10(8)16(14,15)13-6-5-12-2/h3-4,7,12-13H,5-6H2,1-2H3. The molecular formula is C10H15ClN2O2S. The van der Waals surface area contributed by atoms with Crippen molar-refractivity contribution in [1.29, 1.82) is 0 Å². The number of hydrogen-bond donors (Lipinski definition) is 2. The van der Waals surface area contributed by atoms with Crippen molar-refractivity contribution in [3.8, 4) is 0 Å². The predicted octanol–water partition coefficient (Wildman–Crippen LogP) is 1.15. The second-order valence-corrected chi connectivity index (χ2v) is 5.58. The molecule has 0 aliphatic carbocycles. The third kappa shape index (κ3) is 3.45. The van der Waals surface area contributed by atoms with Gasteiger partial charge < -0.3 is 5.32 Å². The lowest BCUT2D eigenvalue weighted by atomic mass is 10.2. The minimum absolute atomic E-state index is 0.271. The van der Waals surface area contributed by atoms with Gasteiger partial charge in [-0.15, -0.1) is 0 Å². The predicted molar refractivity (Wildman–Crippen MR) is 65.3 cm³/mol. The molecule has 0 heterocycles. The van der Waals surface area contributed by atoms with Crippen molar-refractivity contribution in [1.82, 2.24) is 10.0 Å². The Kier molecular flexibility index (Phi) is 4.73. The molecule has 0 aliphatic rings. The number of halogens is 1. The summed E-state index contributed by atoms with van der Waals surface area (Å²) in [4.78, 5) is 0.271. The van der Waals surface area contributed by atoms with Gasteiger partial charge in [-0.1, -0.05) is 11.6 Å². The molecule has 0 aromatic heterocycles. The second kappa shape index (κ2) is 5.63. The highest BCUT2D eigenvalue weighted by atomic mass is 35.5. The summed E-state index contributed by atoms with van der Waals surface area (Å²) >= 11 is 5.77. The van der Waals surface area contributed by atoms with Crippen molar-refractivity contribution < 1.29 is 8.42 Å². The van der Waals surface area contributed by atoms with Crippen molar-refractivity contribution >= 4 is 21.6 Å². The molecule has 16 heavy (non-hydrogen) atoms. The zero-order valence-corrected chi connectivity index (χ0v) is 10.8. The number of rotatable bonds is 5. The van der Waals surface area contributed by atoms with Gasteiger partial charge >= 0.3 is 0 Å². The molecule has 0 aliphatic heterocycles. The Morgan fingerprint density at radius 3 is 2.56 bits per heavy atom. The Hall–Kier alpha value is -0.620. The van der Waals surface area contributed by atoms with Crippen molar-refractivity contribution in [2.45, 2.75) is 11.8 Å². The molecular weight excluding hydrogens is 248 g/mol. The fourth-order valence-electron chi connectivity index (χ4n) is 1.30. The molecule has 0 radical (unpaired) electrons. The minimum atomic E-state index is -3.43. The van der Waals surface area contributed by atoms with Crippen LogP contribution < -0.4 is 10.0 Å². The third-order valence-electron chi connectivity index (χ3n) is 2.09. The highest BCUT2D eigenvalue weighted by molar-refractivity contribution is 7.89. The van der Waals surface area contributed by atoms with Gasteiger partial charge in [0.05, 0.1) is 4.90 Å². The van der Waals surface area contributed by atoms with E-state index in [1.807, 2.05) is 0 Å². The van der Waals surface area contributed by atoms with Crippen LogP contribution in [0.15, 0.2) is 23.1 Å². The molecule has 0 fully saturated rings. The van der Waals surface area contributed by atoms with Gasteiger partial charge in [-0.25, -0.2) is 13.1 Å². The van der Waals surface area contributed by atoms with Crippen LogP contribution in [0.5, 0.6) is 0 Å². The summed E-state index contributed by atoms with van der Waals surface area (Å²) < 4.78 is 26.2. The highest BCUT2D eigenvalue weighted by Gasteiger charge is 2.15. The first-order chi connectivity index (χ1) is 7.47. The summed E-state index contributed by atoms with van der Waals surface area (Å²) in [5.74, 6) is 0. The SMILES string of the molecule is CNCCNS(=O)(=O)c1ccc(Cl)cc1C. The minimum Gasteiger partial charge on any atom is -0.318 e. The lowest BCUT2D eigenvalue weighted by Gasteiger charge is -2.09. The van der Waals surface area contributed by atoms with E-state index < -0.39 is 10.0 Å². The molecule has 0 saturated heterocycles. The summed E-state index contributed by atoms with van der Waals surface area (Å²) in [5, 5.41) is 3.40. The van der Waals surface area contributed by atoms with E-state index in [1.54, 1.807) is 26.1 Å². The third-order valence-corrected chi connectivity index (χ3v) is 3.95. The fraction of sp³-hybridized carbons (Fsp3) is 0.400. The summed E-state index contributed by atoms with van der Waals surface area (Å²) in [7, 11) is -1.66. The molecule has 1 aromatic rings. The van der Waals surface area contributed by atoms with E-state index in [0.717, 1.165) is 0 Å². The number of aryl methyl sites for hydroxylation is 1. The Morgan fingerprint density at radius 2 is 2.00 bits per heavy atom. The number of nitrogens with one attached hydrogen (secondary N) is 2. The normalized spacial score (nSPS) is 11.7. The van der Waals surface area contributed by atoms with Gasteiger partial charge in [-0.05, 0) is 37.7 Å². The average Bonchev–Trinajstić information content (AvgIpc) is 2.17. The molecule has 6 heteroatoms. The number of sulfonamides is 1. The topological polar surface area (TPSA) is 58.2 Å². The van der Waals surface area contributed by atoms with E-state index in [9.17, 15) is 8.42 Å².